The molecule has 5 heteroatoms. The summed E-state index contributed by atoms with van der Waals surface area (Å²) >= 11 is 0. The maximum atomic E-state index is 4.32. The highest BCUT2D eigenvalue weighted by atomic mass is 15.1. The summed E-state index contributed by atoms with van der Waals surface area (Å²) < 4.78 is 0. The van der Waals surface area contributed by atoms with E-state index in [4.69, 9.17) is 0 Å². The Morgan fingerprint density at radius 1 is 1.06 bits per heavy atom. The van der Waals surface area contributed by atoms with Gasteiger partial charge in [0.05, 0.1) is 12.2 Å². The molecule has 2 heterocycles. The molecule has 0 bridgehead atoms. The Bertz CT molecular complexity index is 457. The summed E-state index contributed by atoms with van der Waals surface area (Å²) in [6.07, 6.45) is 3.51. The average Bonchev–Trinajstić information content (AvgIpc) is 2.39. The van der Waals surface area contributed by atoms with Crippen molar-refractivity contribution in [1.29, 1.82) is 0 Å². The molecule has 0 aliphatic carbocycles. The summed E-state index contributed by atoms with van der Waals surface area (Å²) in [4.78, 5) is 12.7. The second kappa shape index (κ2) is 5.79. The SMILES string of the molecule is CCNc1nccc(NCc2ccccn2)n1. The predicted octanol–water partition coefficient (Wildman–Crippen LogP) is 1.92. The van der Waals surface area contributed by atoms with Crippen molar-refractivity contribution >= 4 is 11.8 Å². The third-order valence-corrected chi connectivity index (χ3v) is 2.17. The van der Waals surface area contributed by atoms with Crippen molar-refractivity contribution in [2.45, 2.75) is 13.5 Å². The summed E-state index contributed by atoms with van der Waals surface area (Å²) in [5.41, 5.74) is 0.983. The first kappa shape index (κ1) is 11.3. The Morgan fingerprint density at radius 3 is 2.76 bits per heavy atom. The fourth-order valence-corrected chi connectivity index (χ4v) is 1.38. The largest absolute Gasteiger partial charge is 0.364 e. The number of nitrogens with zero attached hydrogens (tertiary/aromatic N) is 3. The molecule has 0 atom stereocenters. The first-order chi connectivity index (χ1) is 8.38. The van der Waals surface area contributed by atoms with Gasteiger partial charge in [-0.05, 0) is 25.1 Å². The zero-order valence-corrected chi connectivity index (χ0v) is 9.72. The van der Waals surface area contributed by atoms with E-state index >= 15 is 0 Å². The molecule has 0 aromatic carbocycles. The third kappa shape index (κ3) is 3.41. The molecule has 0 aliphatic heterocycles. The van der Waals surface area contributed by atoms with Crippen LogP contribution in [-0.2, 0) is 6.54 Å². The molecule has 2 aromatic heterocycles. The minimum Gasteiger partial charge on any atom is -0.364 e. The fraction of sp³-hybridized carbons (Fsp3) is 0.250. The lowest BCUT2D eigenvalue weighted by molar-refractivity contribution is 1.01. The molecule has 0 amide bonds. The lowest BCUT2D eigenvalue weighted by Crippen LogP contribution is -2.06. The van der Waals surface area contributed by atoms with Crippen molar-refractivity contribution in [2.75, 3.05) is 17.2 Å². The topological polar surface area (TPSA) is 62.7 Å². The van der Waals surface area contributed by atoms with Gasteiger partial charge in [0.25, 0.3) is 0 Å². The predicted molar refractivity (Wildman–Crippen MR) is 67.8 cm³/mol. The van der Waals surface area contributed by atoms with Crippen LogP contribution in [-0.4, -0.2) is 21.5 Å². The number of rotatable bonds is 5. The van der Waals surface area contributed by atoms with E-state index in [1.54, 1.807) is 12.4 Å². The van der Waals surface area contributed by atoms with Crippen molar-refractivity contribution < 1.29 is 0 Å². The summed E-state index contributed by atoms with van der Waals surface area (Å²) in [7, 11) is 0. The van der Waals surface area contributed by atoms with Gasteiger partial charge in [-0.15, -0.1) is 0 Å². The van der Waals surface area contributed by atoms with E-state index in [0.717, 1.165) is 18.1 Å². The Morgan fingerprint density at radius 2 is 2.00 bits per heavy atom. The molecule has 5 nitrogen and oxygen atoms in total. The maximum absolute atomic E-state index is 4.32. The van der Waals surface area contributed by atoms with Crippen molar-refractivity contribution in [3.8, 4) is 0 Å². The normalized spacial score (nSPS) is 9.94. The van der Waals surface area contributed by atoms with E-state index in [1.165, 1.54) is 0 Å². The molecule has 2 aromatic rings. The summed E-state index contributed by atoms with van der Waals surface area (Å²) in [6.45, 7) is 3.48. The quantitative estimate of drug-likeness (QED) is 0.820. The van der Waals surface area contributed by atoms with Crippen molar-refractivity contribution in [1.82, 2.24) is 15.0 Å². The minimum atomic E-state index is 0.638. The third-order valence-electron chi connectivity index (χ3n) is 2.17. The molecule has 0 saturated carbocycles. The number of nitrogens with one attached hydrogen (secondary N) is 2. The van der Waals surface area contributed by atoms with Crippen molar-refractivity contribution in [2.24, 2.45) is 0 Å². The van der Waals surface area contributed by atoms with E-state index in [1.807, 2.05) is 31.2 Å². The van der Waals surface area contributed by atoms with Crippen LogP contribution >= 0.6 is 0 Å². The van der Waals surface area contributed by atoms with Crippen LogP contribution in [0.15, 0.2) is 36.7 Å². The molecular weight excluding hydrogens is 214 g/mol. The molecule has 0 radical (unpaired) electrons. The lowest BCUT2D eigenvalue weighted by Gasteiger charge is -2.06. The fourth-order valence-electron chi connectivity index (χ4n) is 1.38. The zero-order chi connectivity index (χ0) is 11.9. The van der Waals surface area contributed by atoms with E-state index < -0.39 is 0 Å². The van der Waals surface area contributed by atoms with E-state index in [2.05, 4.69) is 25.6 Å². The highest BCUT2D eigenvalue weighted by Gasteiger charge is 1.98. The van der Waals surface area contributed by atoms with Gasteiger partial charge >= 0.3 is 0 Å². The van der Waals surface area contributed by atoms with Gasteiger partial charge in [0, 0.05) is 18.9 Å². The van der Waals surface area contributed by atoms with Crippen LogP contribution in [0.4, 0.5) is 11.8 Å². The van der Waals surface area contributed by atoms with E-state index in [-0.39, 0.29) is 0 Å². The monoisotopic (exact) mass is 229 g/mol. The molecule has 2 N–H and O–H groups in total. The second-order valence-electron chi connectivity index (χ2n) is 3.47. The van der Waals surface area contributed by atoms with Gasteiger partial charge in [0.15, 0.2) is 0 Å². The van der Waals surface area contributed by atoms with Gasteiger partial charge in [-0.1, -0.05) is 6.07 Å². The number of anilines is 2. The standard InChI is InChI=1S/C12H15N5/c1-2-13-12-15-8-6-11(17-12)16-9-10-5-3-4-7-14-10/h3-8H,2,9H2,1H3,(H2,13,15,16,17). The van der Waals surface area contributed by atoms with Gasteiger partial charge in [-0.2, -0.15) is 4.98 Å². The van der Waals surface area contributed by atoms with Gasteiger partial charge in [0.1, 0.15) is 5.82 Å². The zero-order valence-electron chi connectivity index (χ0n) is 9.72. The molecule has 0 aliphatic rings. The van der Waals surface area contributed by atoms with Crippen LogP contribution in [0.25, 0.3) is 0 Å². The molecule has 0 fully saturated rings. The van der Waals surface area contributed by atoms with Gasteiger partial charge in [0.2, 0.25) is 5.95 Å². The summed E-state index contributed by atoms with van der Waals surface area (Å²) in [6, 6.07) is 7.68. The number of hydrogen-bond acceptors (Lipinski definition) is 5. The Hall–Kier alpha value is -2.17. The molecule has 0 saturated heterocycles. The van der Waals surface area contributed by atoms with Crippen LogP contribution < -0.4 is 10.6 Å². The van der Waals surface area contributed by atoms with Crippen LogP contribution in [0.3, 0.4) is 0 Å². The summed E-state index contributed by atoms with van der Waals surface area (Å²) in [5, 5.41) is 6.27. The maximum Gasteiger partial charge on any atom is 0.224 e. The minimum absolute atomic E-state index is 0.638. The molecule has 0 unspecified atom stereocenters. The van der Waals surface area contributed by atoms with Crippen LogP contribution in [0.2, 0.25) is 0 Å². The molecule has 2 rings (SSSR count). The van der Waals surface area contributed by atoms with Gasteiger partial charge in [-0.25, -0.2) is 4.98 Å². The second-order valence-corrected chi connectivity index (χ2v) is 3.47. The summed E-state index contributed by atoms with van der Waals surface area (Å²) in [5.74, 6) is 1.43. The Labute approximate surface area is 100 Å². The lowest BCUT2D eigenvalue weighted by atomic mass is 10.3. The Kier molecular flexibility index (Phi) is 3.85. The van der Waals surface area contributed by atoms with E-state index in [9.17, 15) is 0 Å². The first-order valence-corrected chi connectivity index (χ1v) is 5.59. The van der Waals surface area contributed by atoms with Crippen LogP contribution in [0, 0.1) is 0 Å². The average molecular weight is 229 g/mol. The van der Waals surface area contributed by atoms with E-state index in [0.29, 0.717) is 12.5 Å². The first-order valence-electron chi connectivity index (χ1n) is 5.59. The molecule has 88 valence electrons. The molecule has 17 heavy (non-hydrogen) atoms. The van der Waals surface area contributed by atoms with Gasteiger partial charge in [-0.3, -0.25) is 4.98 Å². The van der Waals surface area contributed by atoms with Crippen molar-refractivity contribution in [3.63, 3.8) is 0 Å². The highest BCUT2D eigenvalue weighted by Crippen LogP contribution is 2.06. The number of aromatic nitrogens is 3. The van der Waals surface area contributed by atoms with Gasteiger partial charge < -0.3 is 10.6 Å². The number of pyridine rings is 1. The van der Waals surface area contributed by atoms with Crippen molar-refractivity contribution in [3.05, 3.63) is 42.4 Å². The molecule has 0 spiro atoms. The van der Waals surface area contributed by atoms with Crippen LogP contribution in [0.1, 0.15) is 12.6 Å². The Balaban J connectivity index is 1.97. The smallest absolute Gasteiger partial charge is 0.224 e. The van der Waals surface area contributed by atoms with Crippen LogP contribution in [0.5, 0.6) is 0 Å². The highest BCUT2D eigenvalue weighted by molar-refractivity contribution is 5.39. The molecular formula is C12H15N5. The number of hydrogen-bond donors (Lipinski definition) is 2.